The zero-order chi connectivity index (χ0) is 10.3. The van der Waals surface area contributed by atoms with Gasteiger partial charge in [-0.25, -0.2) is 0 Å². The summed E-state index contributed by atoms with van der Waals surface area (Å²) in [6, 6.07) is 11.2. The maximum Gasteiger partial charge on any atom is 0.0421 e. The number of nitrogens with one attached hydrogen (secondary N) is 1. The maximum atomic E-state index is 3.39. The third kappa shape index (κ3) is 3.56. The van der Waals surface area contributed by atoms with Gasteiger partial charge in [-0.1, -0.05) is 24.6 Å². The number of hydrogen-bond acceptors (Lipinski definition) is 2. The van der Waals surface area contributed by atoms with Crippen molar-refractivity contribution in [2.45, 2.75) is 19.3 Å². The van der Waals surface area contributed by atoms with E-state index in [0.717, 1.165) is 18.8 Å². The zero-order valence-corrected chi connectivity index (χ0v) is 9.21. The summed E-state index contributed by atoms with van der Waals surface area (Å²) in [5, 5.41) is 3.39. The van der Waals surface area contributed by atoms with E-state index in [-0.39, 0.29) is 0 Å². The summed E-state index contributed by atoms with van der Waals surface area (Å²) in [5.41, 5.74) is 1.11. The third-order valence-electron chi connectivity index (χ3n) is 2.90. The molecule has 1 N–H and O–H groups in total. The molecule has 1 saturated heterocycles. The van der Waals surface area contributed by atoms with E-state index in [2.05, 4.69) is 22.3 Å². The predicted molar refractivity (Wildman–Crippen MR) is 64.1 cm³/mol. The van der Waals surface area contributed by atoms with Gasteiger partial charge in [0.25, 0.3) is 0 Å². The number of piperidine rings is 1. The third-order valence-corrected chi connectivity index (χ3v) is 2.90. The van der Waals surface area contributed by atoms with Crippen LogP contribution in [0.25, 0.3) is 0 Å². The average Bonchev–Trinajstić information content (AvgIpc) is 2.32. The molecule has 1 aliphatic heterocycles. The molecule has 1 radical (unpaired) electrons. The molecule has 0 aliphatic carbocycles. The van der Waals surface area contributed by atoms with Crippen molar-refractivity contribution >= 4 is 5.69 Å². The summed E-state index contributed by atoms with van der Waals surface area (Å²) in [6.45, 7) is 4.74. The Kier molecular flexibility index (Phi) is 4.03. The second-order valence-electron chi connectivity index (χ2n) is 4.11. The van der Waals surface area contributed by atoms with Gasteiger partial charge in [-0.3, -0.25) is 0 Å². The van der Waals surface area contributed by atoms with Crippen LogP contribution in [0.4, 0.5) is 5.69 Å². The molecule has 0 amide bonds. The van der Waals surface area contributed by atoms with Gasteiger partial charge in [0.2, 0.25) is 0 Å². The number of nitrogens with zero attached hydrogens (tertiary/aromatic N) is 1. The van der Waals surface area contributed by atoms with Crippen LogP contribution >= 0.6 is 0 Å². The van der Waals surface area contributed by atoms with E-state index in [0.29, 0.717) is 0 Å². The minimum Gasteiger partial charge on any atom is -0.383 e. The fourth-order valence-electron chi connectivity index (χ4n) is 2.03. The fourth-order valence-corrected chi connectivity index (χ4v) is 2.03. The van der Waals surface area contributed by atoms with Gasteiger partial charge >= 0.3 is 0 Å². The molecule has 1 aliphatic rings. The zero-order valence-electron chi connectivity index (χ0n) is 9.21. The molecule has 0 atom stereocenters. The number of rotatable bonds is 4. The Morgan fingerprint density at radius 3 is 2.80 bits per heavy atom. The Labute approximate surface area is 92.3 Å². The lowest BCUT2D eigenvalue weighted by molar-refractivity contribution is 0.237. The topological polar surface area (TPSA) is 15.3 Å². The van der Waals surface area contributed by atoms with Crippen LogP contribution in [0.15, 0.2) is 24.3 Å². The smallest absolute Gasteiger partial charge is 0.0421 e. The molecule has 2 nitrogen and oxygen atoms in total. The quantitative estimate of drug-likeness (QED) is 0.808. The van der Waals surface area contributed by atoms with Crippen molar-refractivity contribution in [1.29, 1.82) is 0 Å². The standard InChI is InChI=1S/C13H19N2/c1-3-7-13(8-4-1)14-9-12-15-10-5-2-6-11-15/h1,3-4,7,14H,2,5-6,9-12H2. The van der Waals surface area contributed by atoms with Crippen LogP contribution in [0.5, 0.6) is 0 Å². The Bertz CT molecular complexity index is 265. The van der Waals surface area contributed by atoms with Gasteiger partial charge in [-0.15, -0.1) is 0 Å². The monoisotopic (exact) mass is 203 g/mol. The van der Waals surface area contributed by atoms with Crippen LogP contribution in [0.3, 0.4) is 0 Å². The molecule has 0 aromatic heterocycles. The molecule has 2 heteroatoms. The first kappa shape index (κ1) is 10.5. The molecule has 0 saturated carbocycles. The second kappa shape index (κ2) is 5.76. The van der Waals surface area contributed by atoms with Crippen LogP contribution in [0.1, 0.15) is 19.3 Å². The minimum absolute atomic E-state index is 1.03. The van der Waals surface area contributed by atoms with Gasteiger partial charge in [-0.05, 0) is 32.0 Å². The Hall–Kier alpha value is -1.02. The summed E-state index contributed by atoms with van der Waals surface area (Å²) in [5.74, 6) is 0. The highest BCUT2D eigenvalue weighted by molar-refractivity contribution is 5.40. The van der Waals surface area contributed by atoms with Gasteiger partial charge in [-0.2, -0.15) is 0 Å². The molecule has 1 aromatic rings. The molecule has 0 spiro atoms. The van der Waals surface area contributed by atoms with Gasteiger partial charge < -0.3 is 10.2 Å². The van der Waals surface area contributed by atoms with E-state index in [1.54, 1.807) is 0 Å². The lowest BCUT2D eigenvalue weighted by atomic mass is 10.1. The van der Waals surface area contributed by atoms with Crippen molar-refractivity contribution in [1.82, 2.24) is 4.90 Å². The molecule has 0 bridgehead atoms. The summed E-state index contributed by atoms with van der Waals surface area (Å²) < 4.78 is 0. The summed E-state index contributed by atoms with van der Waals surface area (Å²) in [6.07, 6.45) is 4.16. The lowest BCUT2D eigenvalue weighted by Gasteiger charge is -2.26. The highest BCUT2D eigenvalue weighted by Gasteiger charge is 2.08. The van der Waals surface area contributed by atoms with Gasteiger partial charge in [0.05, 0.1) is 0 Å². The van der Waals surface area contributed by atoms with Crippen molar-refractivity contribution in [3.8, 4) is 0 Å². The predicted octanol–water partition coefficient (Wildman–Crippen LogP) is 2.38. The normalized spacial score (nSPS) is 17.6. The Morgan fingerprint density at radius 1 is 1.20 bits per heavy atom. The van der Waals surface area contributed by atoms with Gasteiger partial charge in [0.1, 0.15) is 0 Å². The summed E-state index contributed by atoms with van der Waals surface area (Å²) in [7, 11) is 0. The number of hydrogen-bond donors (Lipinski definition) is 1. The van der Waals surface area contributed by atoms with Crippen LogP contribution in [0, 0.1) is 6.07 Å². The largest absolute Gasteiger partial charge is 0.383 e. The molecular formula is C13H19N2. The minimum atomic E-state index is 1.03. The number of para-hydroxylation sites is 1. The van der Waals surface area contributed by atoms with Gasteiger partial charge in [0, 0.05) is 24.8 Å². The highest BCUT2D eigenvalue weighted by atomic mass is 15.1. The van der Waals surface area contributed by atoms with E-state index >= 15 is 0 Å². The van der Waals surface area contributed by atoms with Crippen LogP contribution in [-0.2, 0) is 0 Å². The number of likely N-dealkylation sites (tertiary alicyclic amines) is 1. The Morgan fingerprint density at radius 2 is 2.07 bits per heavy atom. The molecular weight excluding hydrogens is 184 g/mol. The van der Waals surface area contributed by atoms with Gasteiger partial charge in [0.15, 0.2) is 0 Å². The van der Waals surface area contributed by atoms with Crippen molar-refractivity contribution in [3.63, 3.8) is 0 Å². The second-order valence-corrected chi connectivity index (χ2v) is 4.11. The van der Waals surface area contributed by atoms with Crippen LogP contribution < -0.4 is 5.32 Å². The first-order chi connectivity index (χ1) is 7.45. The van der Waals surface area contributed by atoms with Crippen LogP contribution in [0.2, 0.25) is 0 Å². The van der Waals surface area contributed by atoms with E-state index in [9.17, 15) is 0 Å². The first-order valence-electron chi connectivity index (χ1n) is 5.88. The summed E-state index contributed by atoms with van der Waals surface area (Å²) in [4.78, 5) is 2.54. The fraction of sp³-hybridized carbons (Fsp3) is 0.538. The summed E-state index contributed by atoms with van der Waals surface area (Å²) >= 11 is 0. The molecule has 1 aromatic carbocycles. The molecule has 1 heterocycles. The van der Waals surface area contributed by atoms with Crippen molar-refractivity contribution in [3.05, 3.63) is 30.3 Å². The highest BCUT2D eigenvalue weighted by Crippen LogP contribution is 2.08. The number of benzene rings is 1. The first-order valence-corrected chi connectivity index (χ1v) is 5.88. The van der Waals surface area contributed by atoms with E-state index in [1.807, 2.05) is 18.2 Å². The molecule has 0 unspecified atom stereocenters. The maximum absolute atomic E-state index is 3.39. The van der Waals surface area contributed by atoms with Crippen LogP contribution in [-0.4, -0.2) is 31.1 Å². The van der Waals surface area contributed by atoms with E-state index in [4.69, 9.17) is 0 Å². The number of anilines is 1. The average molecular weight is 203 g/mol. The van der Waals surface area contributed by atoms with Crippen molar-refractivity contribution < 1.29 is 0 Å². The lowest BCUT2D eigenvalue weighted by Crippen LogP contribution is -2.33. The molecule has 81 valence electrons. The van der Waals surface area contributed by atoms with Crippen molar-refractivity contribution in [2.24, 2.45) is 0 Å². The Balaban J connectivity index is 1.66. The SMILES string of the molecule is [c]1ccccc1NCCN1CCCCC1. The van der Waals surface area contributed by atoms with Crippen molar-refractivity contribution in [2.75, 3.05) is 31.5 Å². The molecule has 15 heavy (non-hydrogen) atoms. The molecule has 2 rings (SSSR count). The molecule has 1 fully saturated rings. The van der Waals surface area contributed by atoms with E-state index < -0.39 is 0 Å². The van der Waals surface area contributed by atoms with E-state index in [1.165, 1.54) is 32.4 Å².